The summed E-state index contributed by atoms with van der Waals surface area (Å²) in [6.45, 7) is 2.88. The highest BCUT2D eigenvalue weighted by Crippen LogP contribution is 2.38. The van der Waals surface area contributed by atoms with Crippen LogP contribution in [0, 0.1) is 6.92 Å². The fourth-order valence-electron chi connectivity index (χ4n) is 2.14. The van der Waals surface area contributed by atoms with Crippen molar-refractivity contribution in [2.45, 2.75) is 32.2 Å². The lowest BCUT2D eigenvalue weighted by atomic mass is 10.2. The van der Waals surface area contributed by atoms with E-state index in [1.807, 2.05) is 37.5 Å². The molecule has 4 nitrogen and oxygen atoms in total. The highest BCUT2D eigenvalue weighted by Gasteiger charge is 2.27. The number of nitrogens with zero attached hydrogens (tertiary/aromatic N) is 4. The molecule has 0 spiro atoms. The van der Waals surface area contributed by atoms with Crippen molar-refractivity contribution >= 4 is 5.82 Å². The van der Waals surface area contributed by atoms with Crippen LogP contribution in [-0.2, 0) is 6.54 Å². The zero-order valence-corrected chi connectivity index (χ0v) is 11.4. The van der Waals surface area contributed by atoms with Crippen LogP contribution in [0.3, 0.4) is 0 Å². The van der Waals surface area contributed by atoms with Gasteiger partial charge in [0, 0.05) is 43.7 Å². The number of aryl methyl sites for hydroxylation is 1. The topological polar surface area (TPSA) is 41.9 Å². The Hall–Kier alpha value is -1.97. The fraction of sp³-hybridized carbons (Fsp3) is 0.400. The number of rotatable bonds is 4. The summed E-state index contributed by atoms with van der Waals surface area (Å²) in [5.74, 6) is 2.61. The quantitative estimate of drug-likeness (QED) is 0.841. The van der Waals surface area contributed by atoms with Gasteiger partial charge in [-0.05, 0) is 37.5 Å². The summed E-state index contributed by atoms with van der Waals surface area (Å²) >= 11 is 0. The van der Waals surface area contributed by atoms with Gasteiger partial charge in [0.2, 0.25) is 0 Å². The predicted octanol–water partition coefficient (Wildman–Crippen LogP) is 2.69. The molecule has 0 amide bonds. The van der Waals surface area contributed by atoms with E-state index >= 15 is 0 Å². The molecule has 0 N–H and O–H groups in total. The zero-order valence-electron chi connectivity index (χ0n) is 11.4. The van der Waals surface area contributed by atoms with Crippen molar-refractivity contribution < 1.29 is 0 Å². The average Bonchev–Trinajstić information content (AvgIpc) is 3.23. The molecule has 0 unspecified atom stereocenters. The Morgan fingerprint density at radius 2 is 1.95 bits per heavy atom. The molecule has 1 aliphatic rings. The standard InChI is InChI=1S/C15H18N4/c1-11-9-14(18-15(17-11)13-3-4-13)19(2)10-12-5-7-16-8-6-12/h5-9,13H,3-4,10H2,1-2H3. The van der Waals surface area contributed by atoms with E-state index < -0.39 is 0 Å². The molecule has 0 aromatic carbocycles. The highest BCUT2D eigenvalue weighted by atomic mass is 15.2. The molecule has 2 aromatic heterocycles. The fourth-order valence-corrected chi connectivity index (χ4v) is 2.14. The van der Waals surface area contributed by atoms with Gasteiger partial charge >= 0.3 is 0 Å². The van der Waals surface area contributed by atoms with E-state index in [1.54, 1.807) is 0 Å². The van der Waals surface area contributed by atoms with Crippen LogP contribution >= 0.6 is 0 Å². The monoisotopic (exact) mass is 254 g/mol. The van der Waals surface area contributed by atoms with Crippen LogP contribution in [0.2, 0.25) is 0 Å². The first-order valence-electron chi connectivity index (χ1n) is 6.68. The van der Waals surface area contributed by atoms with Crippen LogP contribution in [0.5, 0.6) is 0 Å². The van der Waals surface area contributed by atoms with E-state index in [0.29, 0.717) is 5.92 Å². The summed E-state index contributed by atoms with van der Waals surface area (Å²) in [5, 5.41) is 0. The summed E-state index contributed by atoms with van der Waals surface area (Å²) in [6.07, 6.45) is 6.11. The van der Waals surface area contributed by atoms with Crippen LogP contribution < -0.4 is 4.90 Å². The molecule has 0 bridgehead atoms. The van der Waals surface area contributed by atoms with Gasteiger partial charge in [-0.3, -0.25) is 4.98 Å². The van der Waals surface area contributed by atoms with Crippen LogP contribution in [0.15, 0.2) is 30.6 Å². The molecule has 3 rings (SSSR count). The van der Waals surface area contributed by atoms with Gasteiger partial charge < -0.3 is 4.90 Å². The Bertz CT molecular complexity index is 564. The third kappa shape index (κ3) is 2.89. The van der Waals surface area contributed by atoms with Crippen molar-refractivity contribution in [2.75, 3.05) is 11.9 Å². The first kappa shape index (κ1) is 12.1. The van der Waals surface area contributed by atoms with Gasteiger partial charge in [0.25, 0.3) is 0 Å². The lowest BCUT2D eigenvalue weighted by molar-refractivity contribution is 0.843. The smallest absolute Gasteiger partial charge is 0.134 e. The minimum Gasteiger partial charge on any atom is -0.355 e. The molecule has 0 aliphatic heterocycles. The molecule has 4 heteroatoms. The minimum absolute atomic E-state index is 0.591. The van der Waals surface area contributed by atoms with E-state index in [-0.39, 0.29) is 0 Å². The molecule has 1 aliphatic carbocycles. The largest absolute Gasteiger partial charge is 0.355 e. The zero-order chi connectivity index (χ0) is 13.2. The van der Waals surface area contributed by atoms with Gasteiger partial charge in [-0.15, -0.1) is 0 Å². The number of aromatic nitrogens is 3. The van der Waals surface area contributed by atoms with Crippen molar-refractivity contribution in [3.63, 3.8) is 0 Å². The van der Waals surface area contributed by atoms with Gasteiger partial charge in [-0.25, -0.2) is 9.97 Å². The van der Waals surface area contributed by atoms with Crippen molar-refractivity contribution in [1.29, 1.82) is 0 Å². The van der Waals surface area contributed by atoms with Crippen molar-refractivity contribution in [3.05, 3.63) is 47.7 Å². The maximum atomic E-state index is 4.69. The lowest BCUT2D eigenvalue weighted by Gasteiger charge is -2.19. The molecule has 2 heterocycles. The molecule has 1 fully saturated rings. The summed E-state index contributed by atoms with van der Waals surface area (Å²) in [7, 11) is 2.07. The number of hydrogen-bond donors (Lipinski definition) is 0. The first-order chi connectivity index (χ1) is 9.22. The predicted molar refractivity (Wildman–Crippen MR) is 75.1 cm³/mol. The molecular formula is C15H18N4. The Labute approximate surface area is 113 Å². The molecule has 1 saturated carbocycles. The minimum atomic E-state index is 0.591. The highest BCUT2D eigenvalue weighted by molar-refractivity contribution is 5.40. The molecule has 0 atom stereocenters. The SMILES string of the molecule is Cc1cc(N(C)Cc2ccncc2)nc(C2CC2)n1. The Morgan fingerprint density at radius 3 is 2.63 bits per heavy atom. The molecule has 2 aromatic rings. The number of hydrogen-bond acceptors (Lipinski definition) is 4. The number of anilines is 1. The third-order valence-corrected chi connectivity index (χ3v) is 3.36. The first-order valence-corrected chi connectivity index (χ1v) is 6.68. The van der Waals surface area contributed by atoms with E-state index in [1.165, 1.54) is 18.4 Å². The lowest BCUT2D eigenvalue weighted by Crippen LogP contribution is -2.18. The van der Waals surface area contributed by atoms with E-state index in [0.717, 1.165) is 23.9 Å². The molecule has 19 heavy (non-hydrogen) atoms. The van der Waals surface area contributed by atoms with Crippen LogP contribution in [0.1, 0.15) is 35.8 Å². The van der Waals surface area contributed by atoms with Crippen molar-refractivity contribution in [2.24, 2.45) is 0 Å². The maximum Gasteiger partial charge on any atom is 0.134 e. The summed E-state index contributed by atoms with van der Waals surface area (Å²) in [6, 6.07) is 6.12. The molecule has 98 valence electrons. The second-order valence-corrected chi connectivity index (χ2v) is 5.21. The second-order valence-electron chi connectivity index (χ2n) is 5.21. The van der Waals surface area contributed by atoms with Crippen LogP contribution in [0.25, 0.3) is 0 Å². The second kappa shape index (κ2) is 4.96. The van der Waals surface area contributed by atoms with Gasteiger partial charge in [0.15, 0.2) is 0 Å². The van der Waals surface area contributed by atoms with Gasteiger partial charge in [0.05, 0.1) is 0 Å². The van der Waals surface area contributed by atoms with Gasteiger partial charge in [-0.1, -0.05) is 0 Å². The van der Waals surface area contributed by atoms with Crippen molar-refractivity contribution in [1.82, 2.24) is 15.0 Å². The Balaban J connectivity index is 1.81. The molecule has 0 saturated heterocycles. The van der Waals surface area contributed by atoms with E-state index in [4.69, 9.17) is 4.98 Å². The normalized spacial score (nSPS) is 14.4. The molecule has 0 radical (unpaired) electrons. The average molecular weight is 254 g/mol. The van der Waals surface area contributed by atoms with Crippen molar-refractivity contribution in [3.8, 4) is 0 Å². The van der Waals surface area contributed by atoms with Crippen LogP contribution in [0.4, 0.5) is 5.82 Å². The summed E-state index contributed by atoms with van der Waals surface area (Å²) in [4.78, 5) is 15.4. The van der Waals surface area contributed by atoms with E-state index in [9.17, 15) is 0 Å². The summed E-state index contributed by atoms with van der Waals surface area (Å²) < 4.78 is 0. The maximum absolute atomic E-state index is 4.69. The summed E-state index contributed by atoms with van der Waals surface area (Å²) in [5.41, 5.74) is 2.29. The van der Waals surface area contributed by atoms with Crippen LogP contribution in [-0.4, -0.2) is 22.0 Å². The third-order valence-electron chi connectivity index (χ3n) is 3.36. The van der Waals surface area contributed by atoms with Gasteiger partial charge in [-0.2, -0.15) is 0 Å². The van der Waals surface area contributed by atoms with E-state index in [2.05, 4.69) is 21.9 Å². The molecular weight excluding hydrogens is 236 g/mol. The Kier molecular flexibility index (Phi) is 3.15. The van der Waals surface area contributed by atoms with Gasteiger partial charge in [0.1, 0.15) is 11.6 Å². The Morgan fingerprint density at radius 1 is 1.21 bits per heavy atom. The number of pyridine rings is 1.